The van der Waals surface area contributed by atoms with Crippen molar-refractivity contribution in [2.75, 3.05) is 4.90 Å². The summed E-state index contributed by atoms with van der Waals surface area (Å²) in [4.78, 5) is 27.9. The molecule has 2 heterocycles. The van der Waals surface area contributed by atoms with Gasteiger partial charge in [0.1, 0.15) is 0 Å². The number of thiophene rings is 1. The number of nitrogens with zero attached hydrogens (tertiary/aromatic N) is 1. The van der Waals surface area contributed by atoms with Crippen LogP contribution in [0.2, 0.25) is 10.0 Å². The highest BCUT2D eigenvalue weighted by atomic mass is 35.5. The van der Waals surface area contributed by atoms with E-state index in [1.165, 1.54) is 16.2 Å². The number of carbonyl (C=O) groups excluding carboxylic acids is 2. The number of carbonyl (C=O) groups is 2. The van der Waals surface area contributed by atoms with Crippen LogP contribution < -0.4 is 4.90 Å². The van der Waals surface area contributed by atoms with Gasteiger partial charge in [-0.15, -0.1) is 11.3 Å². The molecule has 3 aromatic rings. The molecule has 1 N–H and O–H groups in total. The Labute approximate surface area is 175 Å². The molecule has 1 atom stereocenters. The highest BCUT2D eigenvalue weighted by Crippen LogP contribution is 2.45. The SMILES string of the molecule is O=C(CC1(O)C(=O)N(Cc2ccccc2Cl)c2ccc(Cl)cc21)c1cccs1. The second-order valence-electron chi connectivity index (χ2n) is 6.58. The second-order valence-corrected chi connectivity index (χ2v) is 8.37. The second kappa shape index (κ2) is 7.33. The number of anilines is 1. The molecule has 1 aromatic heterocycles. The van der Waals surface area contributed by atoms with Gasteiger partial charge in [0.05, 0.1) is 23.5 Å². The quantitative estimate of drug-likeness (QED) is 0.574. The lowest BCUT2D eigenvalue weighted by Gasteiger charge is -2.23. The number of Topliss-reactive ketones (excluding diaryl/α,β-unsaturated/α-hetero) is 1. The topological polar surface area (TPSA) is 57.6 Å². The van der Waals surface area contributed by atoms with Gasteiger partial charge in [0.15, 0.2) is 11.4 Å². The number of halogens is 2. The molecule has 1 aliphatic rings. The van der Waals surface area contributed by atoms with Gasteiger partial charge >= 0.3 is 0 Å². The fourth-order valence-electron chi connectivity index (χ4n) is 3.40. The minimum Gasteiger partial charge on any atom is -0.375 e. The number of hydrogen-bond acceptors (Lipinski definition) is 4. The predicted octanol–water partition coefficient (Wildman–Crippen LogP) is 5.06. The van der Waals surface area contributed by atoms with Crippen LogP contribution in [0, 0.1) is 0 Å². The molecule has 4 nitrogen and oxygen atoms in total. The maximum Gasteiger partial charge on any atom is 0.264 e. The summed E-state index contributed by atoms with van der Waals surface area (Å²) < 4.78 is 0. The van der Waals surface area contributed by atoms with E-state index >= 15 is 0 Å². The van der Waals surface area contributed by atoms with Crippen LogP contribution in [-0.4, -0.2) is 16.8 Å². The third-order valence-corrected chi connectivity index (χ3v) is 6.31. The van der Waals surface area contributed by atoms with Crippen molar-refractivity contribution in [3.63, 3.8) is 0 Å². The zero-order valence-electron chi connectivity index (χ0n) is 14.6. The van der Waals surface area contributed by atoms with Crippen LogP contribution in [0.15, 0.2) is 60.0 Å². The summed E-state index contributed by atoms with van der Waals surface area (Å²) in [6, 6.07) is 15.5. The first-order chi connectivity index (χ1) is 13.4. The minimum absolute atomic E-state index is 0.183. The Kier molecular flexibility index (Phi) is 5.02. The zero-order valence-corrected chi connectivity index (χ0v) is 16.9. The van der Waals surface area contributed by atoms with Crippen molar-refractivity contribution in [3.05, 3.63) is 86.0 Å². The van der Waals surface area contributed by atoms with Crippen molar-refractivity contribution in [1.82, 2.24) is 0 Å². The van der Waals surface area contributed by atoms with E-state index in [4.69, 9.17) is 23.2 Å². The lowest BCUT2D eigenvalue weighted by molar-refractivity contribution is -0.136. The van der Waals surface area contributed by atoms with Gasteiger partial charge in [-0.05, 0) is 41.3 Å². The summed E-state index contributed by atoms with van der Waals surface area (Å²) >= 11 is 13.6. The van der Waals surface area contributed by atoms with Crippen molar-refractivity contribution in [1.29, 1.82) is 0 Å². The Morgan fingerprint density at radius 1 is 1.11 bits per heavy atom. The molecule has 1 amide bonds. The van der Waals surface area contributed by atoms with Crippen LogP contribution in [0.25, 0.3) is 0 Å². The highest BCUT2D eigenvalue weighted by Gasteiger charge is 2.51. The molecule has 0 radical (unpaired) electrons. The Hall–Kier alpha value is -2.18. The van der Waals surface area contributed by atoms with E-state index in [1.54, 1.807) is 47.8 Å². The number of benzene rings is 2. The number of ketones is 1. The third kappa shape index (κ3) is 3.25. The van der Waals surface area contributed by atoms with Gasteiger partial charge in [-0.2, -0.15) is 0 Å². The first kappa shape index (κ1) is 19.2. The van der Waals surface area contributed by atoms with E-state index in [0.717, 1.165) is 5.56 Å². The fraction of sp³-hybridized carbons (Fsp3) is 0.143. The Bertz CT molecular complexity index is 1070. The largest absolute Gasteiger partial charge is 0.375 e. The van der Waals surface area contributed by atoms with Gasteiger partial charge in [-0.3, -0.25) is 9.59 Å². The van der Waals surface area contributed by atoms with E-state index in [-0.39, 0.29) is 18.7 Å². The summed E-state index contributed by atoms with van der Waals surface area (Å²) in [7, 11) is 0. The van der Waals surface area contributed by atoms with Gasteiger partial charge < -0.3 is 10.0 Å². The molecule has 0 spiro atoms. The van der Waals surface area contributed by atoms with Crippen LogP contribution in [0.5, 0.6) is 0 Å². The van der Waals surface area contributed by atoms with Crippen LogP contribution in [-0.2, 0) is 16.9 Å². The van der Waals surface area contributed by atoms with E-state index in [2.05, 4.69) is 0 Å². The number of rotatable bonds is 5. The Morgan fingerprint density at radius 2 is 1.89 bits per heavy atom. The van der Waals surface area contributed by atoms with Crippen LogP contribution in [0.4, 0.5) is 5.69 Å². The molecule has 4 rings (SSSR count). The number of aliphatic hydroxyl groups is 1. The van der Waals surface area contributed by atoms with E-state index in [9.17, 15) is 14.7 Å². The van der Waals surface area contributed by atoms with Crippen molar-refractivity contribution in [3.8, 4) is 0 Å². The lowest BCUT2D eigenvalue weighted by Crippen LogP contribution is -2.41. The van der Waals surface area contributed by atoms with Gasteiger partial charge in [0.2, 0.25) is 0 Å². The van der Waals surface area contributed by atoms with Gasteiger partial charge in [-0.25, -0.2) is 0 Å². The smallest absolute Gasteiger partial charge is 0.264 e. The Balaban J connectivity index is 1.74. The van der Waals surface area contributed by atoms with Crippen molar-refractivity contribution >= 4 is 51.9 Å². The van der Waals surface area contributed by atoms with Crippen molar-refractivity contribution in [2.45, 2.75) is 18.6 Å². The Morgan fingerprint density at radius 3 is 2.61 bits per heavy atom. The molecule has 0 saturated heterocycles. The molecule has 28 heavy (non-hydrogen) atoms. The van der Waals surface area contributed by atoms with Gasteiger partial charge in [0.25, 0.3) is 5.91 Å². The van der Waals surface area contributed by atoms with Crippen LogP contribution >= 0.6 is 34.5 Å². The van der Waals surface area contributed by atoms with E-state index < -0.39 is 11.5 Å². The third-order valence-electron chi connectivity index (χ3n) is 4.79. The fourth-order valence-corrected chi connectivity index (χ4v) is 4.44. The molecule has 0 aliphatic carbocycles. The molecule has 142 valence electrons. The minimum atomic E-state index is -1.97. The van der Waals surface area contributed by atoms with Crippen molar-refractivity contribution in [2.24, 2.45) is 0 Å². The molecular weight excluding hydrogens is 417 g/mol. The lowest BCUT2D eigenvalue weighted by atomic mass is 9.89. The number of amides is 1. The molecule has 0 fully saturated rings. The first-order valence-corrected chi connectivity index (χ1v) is 10.2. The molecule has 1 unspecified atom stereocenters. The maximum atomic E-state index is 13.3. The zero-order chi connectivity index (χ0) is 19.9. The summed E-state index contributed by atoms with van der Waals surface area (Å²) in [6.45, 7) is 0.183. The van der Waals surface area contributed by atoms with E-state index in [1.807, 2.05) is 12.1 Å². The van der Waals surface area contributed by atoms with E-state index in [0.29, 0.717) is 26.2 Å². The molecule has 7 heteroatoms. The monoisotopic (exact) mass is 431 g/mol. The summed E-state index contributed by atoms with van der Waals surface area (Å²) in [5, 5.41) is 14.0. The first-order valence-electron chi connectivity index (χ1n) is 8.54. The normalized spacial score (nSPS) is 18.4. The van der Waals surface area contributed by atoms with Crippen LogP contribution in [0.1, 0.15) is 27.2 Å². The summed E-state index contributed by atoms with van der Waals surface area (Å²) in [5.74, 6) is -0.856. The van der Waals surface area contributed by atoms with Crippen LogP contribution in [0.3, 0.4) is 0 Å². The van der Waals surface area contributed by atoms with Gasteiger partial charge in [0, 0.05) is 15.6 Å². The standard InChI is InChI=1S/C21H15Cl2NO3S/c22-14-7-8-17-15(10-14)21(27,11-18(25)19-6-3-9-28-19)20(26)24(17)12-13-4-1-2-5-16(13)23/h1-10,27H,11-12H2. The predicted molar refractivity (Wildman–Crippen MR) is 111 cm³/mol. The molecule has 0 bridgehead atoms. The molecule has 2 aromatic carbocycles. The average molecular weight is 432 g/mol. The summed E-state index contributed by atoms with van der Waals surface area (Å²) in [6.07, 6.45) is -0.349. The summed E-state index contributed by atoms with van der Waals surface area (Å²) in [5.41, 5.74) is -0.368. The molecular formula is C21H15Cl2NO3S. The molecule has 0 saturated carbocycles. The highest BCUT2D eigenvalue weighted by molar-refractivity contribution is 7.12. The number of hydrogen-bond donors (Lipinski definition) is 1. The van der Waals surface area contributed by atoms with Crippen molar-refractivity contribution < 1.29 is 14.7 Å². The maximum absolute atomic E-state index is 13.3. The molecule has 1 aliphatic heterocycles. The average Bonchev–Trinajstić information content (AvgIpc) is 3.27. The number of fused-ring (bicyclic) bond motifs is 1. The van der Waals surface area contributed by atoms with Gasteiger partial charge in [-0.1, -0.05) is 47.5 Å².